The average molecular weight is 323 g/mol. The Balaban J connectivity index is 0.00000200. The van der Waals surface area contributed by atoms with Crippen LogP contribution >= 0.6 is 12.4 Å². The van der Waals surface area contributed by atoms with E-state index in [1.165, 1.54) is 10.5 Å². The fourth-order valence-electron chi connectivity index (χ4n) is 2.40. The SMILES string of the molecule is Cc1c(S(=O)(=O)N2CCC(N)C(C)(C)C2)cnn1C.Cl. The van der Waals surface area contributed by atoms with Crippen LogP contribution in [0.1, 0.15) is 26.0 Å². The first-order chi connectivity index (χ1) is 8.66. The maximum atomic E-state index is 12.6. The van der Waals surface area contributed by atoms with Crippen molar-refractivity contribution >= 4 is 22.4 Å². The van der Waals surface area contributed by atoms with E-state index in [1.54, 1.807) is 18.7 Å². The normalized spacial score (nSPS) is 23.4. The predicted octanol–water partition coefficient (Wildman–Crippen LogP) is 0.898. The van der Waals surface area contributed by atoms with Crippen molar-refractivity contribution in [1.29, 1.82) is 0 Å². The summed E-state index contributed by atoms with van der Waals surface area (Å²) in [5.74, 6) is 0. The number of rotatable bonds is 2. The van der Waals surface area contributed by atoms with Gasteiger partial charge in [-0.2, -0.15) is 9.40 Å². The highest BCUT2D eigenvalue weighted by atomic mass is 35.5. The van der Waals surface area contributed by atoms with Crippen molar-refractivity contribution in [3.63, 3.8) is 0 Å². The molecule has 2 N–H and O–H groups in total. The lowest BCUT2D eigenvalue weighted by molar-refractivity contribution is 0.155. The second kappa shape index (κ2) is 5.63. The molecule has 1 aromatic rings. The highest BCUT2D eigenvalue weighted by Crippen LogP contribution is 2.31. The lowest BCUT2D eigenvalue weighted by Crippen LogP contribution is -2.53. The van der Waals surface area contributed by atoms with Crippen LogP contribution in [0.3, 0.4) is 0 Å². The van der Waals surface area contributed by atoms with Crippen LogP contribution in [0.5, 0.6) is 0 Å². The van der Waals surface area contributed by atoms with E-state index in [4.69, 9.17) is 5.73 Å². The van der Waals surface area contributed by atoms with Gasteiger partial charge in [-0.25, -0.2) is 8.42 Å². The number of nitrogens with zero attached hydrogens (tertiary/aromatic N) is 3. The van der Waals surface area contributed by atoms with Gasteiger partial charge >= 0.3 is 0 Å². The lowest BCUT2D eigenvalue weighted by Gasteiger charge is -2.41. The summed E-state index contributed by atoms with van der Waals surface area (Å²) >= 11 is 0. The van der Waals surface area contributed by atoms with E-state index in [0.717, 1.165) is 0 Å². The summed E-state index contributed by atoms with van der Waals surface area (Å²) in [5.41, 5.74) is 6.51. The van der Waals surface area contributed by atoms with Crippen LogP contribution in [0.2, 0.25) is 0 Å². The molecule has 0 amide bonds. The van der Waals surface area contributed by atoms with Crippen molar-refractivity contribution in [2.24, 2.45) is 18.2 Å². The van der Waals surface area contributed by atoms with E-state index in [9.17, 15) is 8.42 Å². The molecule has 6 nitrogen and oxygen atoms in total. The molecular formula is C12H23ClN4O2S. The van der Waals surface area contributed by atoms with Gasteiger partial charge in [-0.15, -0.1) is 12.4 Å². The number of aryl methyl sites for hydroxylation is 1. The fraction of sp³-hybridized carbons (Fsp3) is 0.750. The van der Waals surface area contributed by atoms with Crippen molar-refractivity contribution in [1.82, 2.24) is 14.1 Å². The van der Waals surface area contributed by atoms with E-state index in [1.807, 2.05) is 13.8 Å². The number of sulfonamides is 1. The van der Waals surface area contributed by atoms with E-state index in [0.29, 0.717) is 30.1 Å². The summed E-state index contributed by atoms with van der Waals surface area (Å²) in [6.07, 6.45) is 2.11. The smallest absolute Gasteiger partial charge is 0.246 e. The quantitative estimate of drug-likeness (QED) is 0.877. The molecule has 0 aliphatic carbocycles. The van der Waals surface area contributed by atoms with E-state index < -0.39 is 10.0 Å². The lowest BCUT2D eigenvalue weighted by atomic mass is 9.81. The molecule has 20 heavy (non-hydrogen) atoms. The first-order valence-corrected chi connectivity index (χ1v) is 7.84. The summed E-state index contributed by atoms with van der Waals surface area (Å²) in [5, 5.41) is 4.01. The molecule has 1 unspecified atom stereocenters. The summed E-state index contributed by atoms with van der Waals surface area (Å²) in [4.78, 5) is 0.293. The molecule has 1 saturated heterocycles. The van der Waals surface area contributed by atoms with Crippen LogP contribution in [0.25, 0.3) is 0 Å². The standard InChI is InChI=1S/C12H22N4O2S.ClH/c1-9-10(7-14-15(9)4)19(17,18)16-6-5-11(13)12(2,3)8-16;/h7,11H,5-6,8,13H2,1-4H3;1H. The number of hydrogen-bond donors (Lipinski definition) is 1. The maximum absolute atomic E-state index is 12.6. The van der Waals surface area contributed by atoms with Gasteiger partial charge in [0, 0.05) is 26.2 Å². The monoisotopic (exact) mass is 322 g/mol. The van der Waals surface area contributed by atoms with Crippen molar-refractivity contribution in [2.75, 3.05) is 13.1 Å². The van der Waals surface area contributed by atoms with Crippen LogP contribution < -0.4 is 5.73 Å². The number of aromatic nitrogens is 2. The molecular weight excluding hydrogens is 300 g/mol. The number of piperidine rings is 1. The highest BCUT2D eigenvalue weighted by molar-refractivity contribution is 7.89. The van der Waals surface area contributed by atoms with Crippen LogP contribution in [0.4, 0.5) is 0 Å². The van der Waals surface area contributed by atoms with Crippen molar-refractivity contribution in [3.05, 3.63) is 11.9 Å². The zero-order chi connectivity index (χ0) is 14.4. The topological polar surface area (TPSA) is 81.2 Å². The molecule has 2 rings (SSSR count). The van der Waals surface area contributed by atoms with Gasteiger partial charge in [-0.1, -0.05) is 13.8 Å². The molecule has 1 fully saturated rings. The van der Waals surface area contributed by atoms with Crippen LogP contribution in [0.15, 0.2) is 11.1 Å². The number of nitrogens with two attached hydrogens (primary N) is 1. The molecule has 0 bridgehead atoms. The van der Waals surface area contributed by atoms with E-state index >= 15 is 0 Å². The summed E-state index contributed by atoms with van der Waals surface area (Å²) in [7, 11) is -1.73. The molecule has 1 atom stereocenters. The van der Waals surface area contributed by atoms with Gasteiger partial charge in [-0.3, -0.25) is 4.68 Å². The average Bonchev–Trinajstić information content (AvgIpc) is 2.64. The third kappa shape index (κ3) is 2.86. The van der Waals surface area contributed by atoms with E-state index in [2.05, 4.69) is 5.10 Å². The van der Waals surface area contributed by atoms with Crippen molar-refractivity contribution in [2.45, 2.75) is 38.1 Å². The van der Waals surface area contributed by atoms with Crippen molar-refractivity contribution < 1.29 is 8.42 Å². The fourth-order valence-corrected chi connectivity index (χ4v) is 4.21. The summed E-state index contributed by atoms with van der Waals surface area (Å²) < 4.78 is 28.4. The first kappa shape index (κ1) is 17.4. The van der Waals surface area contributed by atoms with E-state index in [-0.39, 0.29) is 23.9 Å². The number of halogens is 1. The molecule has 1 aliphatic rings. The van der Waals surface area contributed by atoms with Crippen LogP contribution in [-0.2, 0) is 17.1 Å². The third-order valence-electron chi connectivity index (χ3n) is 4.09. The predicted molar refractivity (Wildman–Crippen MR) is 80.3 cm³/mol. The summed E-state index contributed by atoms with van der Waals surface area (Å²) in [6, 6.07) is 0.0361. The zero-order valence-electron chi connectivity index (χ0n) is 12.3. The number of hydrogen-bond acceptors (Lipinski definition) is 4. The molecule has 0 saturated carbocycles. The molecule has 1 aromatic heterocycles. The minimum absolute atomic E-state index is 0. The minimum Gasteiger partial charge on any atom is -0.327 e. The Hall–Kier alpha value is -0.630. The molecule has 0 radical (unpaired) electrons. The molecule has 2 heterocycles. The van der Waals surface area contributed by atoms with Crippen LogP contribution in [0, 0.1) is 12.3 Å². The summed E-state index contributed by atoms with van der Waals surface area (Å²) in [6.45, 7) is 6.71. The van der Waals surface area contributed by atoms with Crippen molar-refractivity contribution in [3.8, 4) is 0 Å². The van der Waals surface area contributed by atoms with Gasteiger partial charge in [0.1, 0.15) is 4.90 Å². The van der Waals surface area contributed by atoms with Gasteiger partial charge in [-0.05, 0) is 18.8 Å². The maximum Gasteiger partial charge on any atom is 0.246 e. The van der Waals surface area contributed by atoms with Gasteiger partial charge in [0.25, 0.3) is 0 Å². The van der Waals surface area contributed by atoms with Gasteiger partial charge in [0.15, 0.2) is 0 Å². The highest BCUT2D eigenvalue weighted by Gasteiger charge is 2.39. The van der Waals surface area contributed by atoms with Gasteiger partial charge < -0.3 is 5.73 Å². The Morgan fingerprint density at radius 1 is 1.45 bits per heavy atom. The Morgan fingerprint density at radius 2 is 2.05 bits per heavy atom. The zero-order valence-corrected chi connectivity index (χ0v) is 14.0. The largest absolute Gasteiger partial charge is 0.327 e. The molecule has 116 valence electrons. The Bertz CT molecular complexity index is 582. The molecule has 8 heteroatoms. The Morgan fingerprint density at radius 3 is 2.50 bits per heavy atom. The first-order valence-electron chi connectivity index (χ1n) is 6.40. The second-order valence-electron chi connectivity index (χ2n) is 5.94. The minimum atomic E-state index is -3.47. The molecule has 0 aromatic carbocycles. The molecule has 1 aliphatic heterocycles. The third-order valence-corrected chi connectivity index (χ3v) is 6.03. The Labute approximate surface area is 126 Å². The van der Waals surface area contributed by atoms with Gasteiger partial charge in [0.05, 0.1) is 11.9 Å². The second-order valence-corrected chi connectivity index (χ2v) is 7.85. The van der Waals surface area contributed by atoms with Gasteiger partial charge in [0.2, 0.25) is 10.0 Å². The molecule has 0 spiro atoms. The van der Waals surface area contributed by atoms with Crippen LogP contribution in [-0.4, -0.2) is 41.6 Å². The Kier molecular flexibility index (Phi) is 4.91.